The number of pyridine rings is 1. The fourth-order valence-corrected chi connectivity index (χ4v) is 4.16. The van der Waals surface area contributed by atoms with Gasteiger partial charge in [0.05, 0.1) is 0 Å². The first-order valence-electron chi connectivity index (χ1n) is 6.83. The van der Waals surface area contributed by atoms with E-state index in [-0.39, 0.29) is 6.54 Å². The largest absolute Gasteiger partial charge is 0.310 e. The zero-order valence-electron chi connectivity index (χ0n) is 11.5. The van der Waals surface area contributed by atoms with Crippen LogP contribution in [0.4, 0.5) is 0 Å². The van der Waals surface area contributed by atoms with Crippen molar-refractivity contribution in [1.29, 1.82) is 0 Å². The third-order valence-electron chi connectivity index (χ3n) is 3.28. The van der Waals surface area contributed by atoms with Gasteiger partial charge in [-0.1, -0.05) is 0 Å². The van der Waals surface area contributed by atoms with Crippen LogP contribution in [0, 0.1) is 0 Å². The molecule has 7 heteroatoms. The van der Waals surface area contributed by atoms with Crippen molar-refractivity contribution in [2.75, 3.05) is 0 Å². The fraction of sp³-hybridized carbons (Fsp3) is 0.357. The van der Waals surface area contributed by atoms with Crippen LogP contribution in [-0.4, -0.2) is 19.4 Å². The molecule has 2 N–H and O–H groups in total. The van der Waals surface area contributed by atoms with Gasteiger partial charge in [0.15, 0.2) is 0 Å². The van der Waals surface area contributed by atoms with Crippen LogP contribution in [0.1, 0.15) is 24.0 Å². The van der Waals surface area contributed by atoms with Gasteiger partial charge in [-0.2, -0.15) is 0 Å². The van der Waals surface area contributed by atoms with E-state index in [0.29, 0.717) is 10.3 Å². The highest BCUT2D eigenvalue weighted by atomic mass is 32.2. The Hall–Kier alpha value is -1.28. The highest BCUT2D eigenvalue weighted by Crippen LogP contribution is 2.23. The van der Waals surface area contributed by atoms with E-state index >= 15 is 0 Å². The standard InChI is InChI=1S/C14H17N3O2S2/c18-21(19,17-9-11-3-5-15-6-4-11)14-7-12(10-20-14)8-16-13-1-2-13/h3-7,10,13,16-17H,1-2,8-9H2. The van der Waals surface area contributed by atoms with E-state index in [1.807, 2.05) is 5.38 Å². The summed E-state index contributed by atoms with van der Waals surface area (Å²) in [5, 5.41) is 5.28. The minimum Gasteiger partial charge on any atom is -0.310 e. The lowest BCUT2D eigenvalue weighted by atomic mass is 10.3. The maximum Gasteiger partial charge on any atom is 0.250 e. The molecule has 1 saturated carbocycles. The lowest BCUT2D eigenvalue weighted by Crippen LogP contribution is -2.22. The second-order valence-electron chi connectivity index (χ2n) is 5.11. The van der Waals surface area contributed by atoms with E-state index < -0.39 is 10.0 Å². The maximum atomic E-state index is 12.2. The molecule has 0 spiro atoms. The molecule has 21 heavy (non-hydrogen) atoms. The molecule has 3 rings (SSSR count). The van der Waals surface area contributed by atoms with E-state index in [9.17, 15) is 8.42 Å². The van der Waals surface area contributed by atoms with Crippen molar-refractivity contribution in [3.05, 3.63) is 47.1 Å². The molecule has 0 aliphatic heterocycles. The molecule has 1 aliphatic carbocycles. The Labute approximate surface area is 128 Å². The smallest absolute Gasteiger partial charge is 0.250 e. The Bertz CT molecular complexity index is 694. The molecule has 0 atom stereocenters. The van der Waals surface area contributed by atoms with Gasteiger partial charge in [0.25, 0.3) is 0 Å². The second kappa shape index (κ2) is 6.23. The monoisotopic (exact) mass is 323 g/mol. The Morgan fingerprint density at radius 1 is 1.19 bits per heavy atom. The molecule has 1 fully saturated rings. The van der Waals surface area contributed by atoms with Crippen molar-refractivity contribution in [3.63, 3.8) is 0 Å². The summed E-state index contributed by atoms with van der Waals surface area (Å²) >= 11 is 1.26. The van der Waals surface area contributed by atoms with Crippen molar-refractivity contribution in [3.8, 4) is 0 Å². The summed E-state index contributed by atoms with van der Waals surface area (Å²) in [6.45, 7) is 1.01. The summed E-state index contributed by atoms with van der Waals surface area (Å²) in [5.74, 6) is 0. The molecular formula is C14H17N3O2S2. The lowest BCUT2D eigenvalue weighted by molar-refractivity contribution is 0.583. The third-order valence-corrected chi connectivity index (χ3v) is 6.17. The molecule has 2 aromatic rings. The normalized spacial score (nSPS) is 15.2. The summed E-state index contributed by atoms with van der Waals surface area (Å²) in [4.78, 5) is 3.91. The molecule has 0 radical (unpaired) electrons. The van der Waals surface area contributed by atoms with Gasteiger partial charge in [0.1, 0.15) is 4.21 Å². The minimum absolute atomic E-state index is 0.276. The summed E-state index contributed by atoms with van der Waals surface area (Å²) in [6, 6.07) is 5.95. The van der Waals surface area contributed by atoms with Crippen LogP contribution in [-0.2, 0) is 23.1 Å². The van der Waals surface area contributed by atoms with Gasteiger partial charge >= 0.3 is 0 Å². The number of hydrogen-bond donors (Lipinski definition) is 2. The first kappa shape index (κ1) is 14.6. The molecule has 1 aliphatic rings. The van der Waals surface area contributed by atoms with Crippen molar-refractivity contribution >= 4 is 21.4 Å². The number of hydrogen-bond acceptors (Lipinski definition) is 5. The molecule has 0 bridgehead atoms. The SMILES string of the molecule is O=S(=O)(NCc1ccncc1)c1cc(CNC2CC2)cs1. The third kappa shape index (κ3) is 4.10. The van der Waals surface area contributed by atoms with E-state index in [4.69, 9.17) is 0 Å². The van der Waals surface area contributed by atoms with Gasteiger partial charge in [-0.15, -0.1) is 11.3 Å². The van der Waals surface area contributed by atoms with Crippen molar-refractivity contribution < 1.29 is 8.42 Å². The molecule has 0 aromatic carbocycles. The average molecular weight is 323 g/mol. The zero-order valence-corrected chi connectivity index (χ0v) is 13.1. The number of sulfonamides is 1. The quantitative estimate of drug-likeness (QED) is 0.816. The molecular weight excluding hydrogens is 306 g/mol. The summed E-state index contributed by atoms with van der Waals surface area (Å²) in [7, 11) is -3.44. The van der Waals surface area contributed by atoms with Crippen LogP contribution in [0.2, 0.25) is 0 Å². The molecule has 0 unspecified atom stereocenters. The topological polar surface area (TPSA) is 71.1 Å². The van der Waals surface area contributed by atoms with Crippen LogP contribution in [0.25, 0.3) is 0 Å². The Morgan fingerprint density at radius 2 is 1.95 bits per heavy atom. The molecule has 2 aromatic heterocycles. The van der Waals surface area contributed by atoms with Crippen LogP contribution in [0.5, 0.6) is 0 Å². The first-order chi connectivity index (χ1) is 10.1. The van der Waals surface area contributed by atoms with Crippen LogP contribution >= 0.6 is 11.3 Å². The molecule has 112 valence electrons. The highest BCUT2D eigenvalue weighted by molar-refractivity contribution is 7.91. The number of thiophene rings is 1. The van der Waals surface area contributed by atoms with Crippen LogP contribution < -0.4 is 10.0 Å². The van der Waals surface area contributed by atoms with Crippen molar-refractivity contribution in [2.24, 2.45) is 0 Å². The first-order valence-corrected chi connectivity index (χ1v) is 9.19. The number of nitrogens with zero attached hydrogens (tertiary/aromatic N) is 1. The van der Waals surface area contributed by atoms with Gasteiger partial charge in [-0.05, 0) is 47.5 Å². The van der Waals surface area contributed by atoms with Gasteiger partial charge in [-0.3, -0.25) is 4.98 Å². The van der Waals surface area contributed by atoms with E-state index in [1.165, 1.54) is 24.2 Å². The number of nitrogens with one attached hydrogen (secondary N) is 2. The van der Waals surface area contributed by atoms with Crippen molar-refractivity contribution in [2.45, 2.75) is 36.2 Å². The summed E-state index contributed by atoms with van der Waals surface area (Å²) < 4.78 is 27.4. The maximum absolute atomic E-state index is 12.2. The second-order valence-corrected chi connectivity index (χ2v) is 8.01. The molecule has 5 nitrogen and oxygen atoms in total. The predicted octanol–water partition coefficient (Wildman–Crippen LogP) is 1.87. The zero-order chi connectivity index (χ0) is 14.7. The molecule has 2 heterocycles. The predicted molar refractivity (Wildman–Crippen MR) is 82.4 cm³/mol. The van der Waals surface area contributed by atoms with E-state index in [1.54, 1.807) is 30.6 Å². The van der Waals surface area contributed by atoms with Gasteiger partial charge in [0.2, 0.25) is 10.0 Å². The van der Waals surface area contributed by atoms with Gasteiger partial charge < -0.3 is 5.32 Å². The minimum atomic E-state index is -3.44. The Balaban J connectivity index is 1.61. The van der Waals surface area contributed by atoms with E-state index in [2.05, 4.69) is 15.0 Å². The number of rotatable bonds is 7. The molecule has 0 amide bonds. The van der Waals surface area contributed by atoms with Crippen molar-refractivity contribution in [1.82, 2.24) is 15.0 Å². The van der Waals surface area contributed by atoms with Gasteiger partial charge in [0, 0.05) is 31.5 Å². The number of aromatic nitrogens is 1. The highest BCUT2D eigenvalue weighted by Gasteiger charge is 2.21. The van der Waals surface area contributed by atoms with Crippen LogP contribution in [0.3, 0.4) is 0 Å². The van der Waals surface area contributed by atoms with Crippen LogP contribution in [0.15, 0.2) is 40.2 Å². The van der Waals surface area contributed by atoms with Gasteiger partial charge in [-0.25, -0.2) is 13.1 Å². The lowest BCUT2D eigenvalue weighted by Gasteiger charge is -2.04. The Morgan fingerprint density at radius 3 is 2.67 bits per heavy atom. The molecule has 0 saturated heterocycles. The fourth-order valence-electron chi connectivity index (χ4n) is 1.89. The Kier molecular flexibility index (Phi) is 4.34. The summed E-state index contributed by atoms with van der Waals surface area (Å²) in [5.41, 5.74) is 1.91. The summed E-state index contributed by atoms with van der Waals surface area (Å²) in [6.07, 6.45) is 5.75. The van der Waals surface area contributed by atoms with E-state index in [0.717, 1.165) is 17.7 Å². The average Bonchev–Trinajstić information content (AvgIpc) is 3.20.